The predicted octanol–water partition coefficient (Wildman–Crippen LogP) is 3.83. The van der Waals surface area contributed by atoms with E-state index in [1.54, 1.807) is 6.20 Å². The Morgan fingerprint density at radius 1 is 1.30 bits per heavy atom. The van der Waals surface area contributed by atoms with Crippen LogP contribution in [0.25, 0.3) is 10.9 Å². The number of likely N-dealkylation sites (tertiary alicyclic amines) is 1. The average Bonchev–Trinajstić information content (AvgIpc) is 3.14. The van der Waals surface area contributed by atoms with Crippen molar-refractivity contribution in [3.8, 4) is 6.07 Å². The number of aromatic nitrogens is 4. The van der Waals surface area contributed by atoms with E-state index in [-0.39, 0.29) is 0 Å². The molecular weight excluding hydrogens is 376 g/mol. The van der Waals surface area contributed by atoms with Gasteiger partial charge in [-0.25, -0.2) is 4.98 Å². The molecule has 3 aromatic rings. The Hall–Kier alpha value is -3.18. The highest BCUT2D eigenvalue weighted by molar-refractivity contribution is 5.91. The highest BCUT2D eigenvalue weighted by Gasteiger charge is 2.31. The lowest BCUT2D eigenvalue weighted by Crippen LogP contribution is -2.50. The summed E-state index contributed by atoms with van der Waals surface area (Å²) < 4.78 is 0. The lowest BCUT2D eigenvalue weighted by atomic mass is 9.89. The van der Waals surface area contributed by atoms with Gasteiger partial charge in [-0.1, -0.05) is 6.92 Å². The number of nitriles is 1. The van der Waals surface area contributed by atoms with Crippen LogP contribution in [0, 0.1) is 24.2 Å². The number of pyridine rings is 2. The lowest BCUT2D eigenvalue weighted by molar-refractivity contribution is 0.117. The molecule has 0 aliphatic carbocycles. The zero-order valence-electron chi connectivity index (χ0n) is 17.7. The SMILES string of the molecule is Cc1cc(Nc2cc3ncccc3c(N[C@H]3C[C@H](C)N(CCC#N)CC3C)n2)n[nH]1. The number of nitrogens with one attached hydrogen (secondary N) is 3. The van der Waals surface area contributed by atoms with E-state index < -0.39 is 0 Å². The van der Waals surface area contributed by atoms with Gasteiger partial charge >= 0.3 is 0 Å². The number of hydrogen-bond acceptors (Lipinski definition) is 7. The Morgan fingerprint density at radius 2 is 2.17 bits per heavy atom. The summed E-state index contributed by atoms with van der Waals surface area (Å²) in [5.74, 6) is 2.72. The first-order chi connectivity index (χ1) is 14.5. The molecule has 1 saturated heterocycles. The first-order valence-corrected chi connectivity index (χ1v) is 10.5. The van der Waals surface area contributed by atoms with E-state index >= 15 is 0 Å². The van der Waals surface area contributed by atoms with Gasteiger partial charge in [-0.05, 0) is 38.3 Å². The molecule has 0 saturated carbocycles. The average molecular weight is 405 g/mol. The van der Waals surface area contributed by atoms with Gasteiger partial charge in [-0.2, -0.15) is 10.4 Å². The van der Waals surface area contributed by atoms with Crippen molar-refractivity contribution in [1.82, 2.24) is 25.1 Å². The van der Waals surface area contributed by atoms with Gasteiger partial charge < -0.3 is 10.6 Å². The van der Waals surface area contributed by atoms with Gasteiger partial charge in [0.05, 0.1) is 11.6 Å². The molecule has 30 heavy (non-hydrogen) atoms. The van der Waals surface area contributed by atoms with Crippen molar-refractivity contribution in [2.75, 3.05) is 23.7 Å². The number of aromatic amines is 1. The minimum Gasteiger partial charge on any atom is -0.366 e. The van der Waals surface area contributed by atoms with Crippen molar-refractivity contribution >= 4 is 28.4 Å². The van der Waals surface area contributed by atoms with Crippen LogP contribution >= 0.6 is 0 Å². The summed E-state index contributed by atoms with van der Waals surface area (Å²) in [5.41, 5.74) is 1.87. The fourth-order valence-electron chi connectivity index (χ4n) is 4.17. The van der Waals surface area contributed by atoms with E-state index in [1.807, 2.05) is 25.1 Å². The van der Waals surface area contributed by atoms with E-state index in [1.165, 1.54) is 0 Å². The van der Waals surface area contributed by atoms with Crippen LogP contribution in [-0.2, 0) is 0 Å². The van der Waals surface area contributed by atoms with Crippen LogP contribution < -0.4 is 10.6 Å². The van der Waals surface area contributed by atoms with Crippen molar-refractivity contribution in [2.24, 2.45) is 5.92 Å². The Balaban J connectivity index is 1.58. The van der Waals surface area contributed by atoms with Crippen LogP contribution in [0.4, 0.5) is 17.5 Å². The van der Waals surface area contributed by atoms with Crippen LogP contribution in [0.3, 0.4) is 0 Å². The normalized spacial score (nSPS) is 22.0. The van der Waals surface area contributed by atoms with Crippen molar-refractivity contribution in [1.29, 1.82) is 5.26 Å². The highest BCUT2D eigenvalue weighted by Crippen LogP contribution is 2.29. The maximum absolute atomic E-state index is 8.91. The van der Waals surface area contributed by atoms with Gasteiger partial charge in [0.15, 0.2) is 5.82 Å². The Morgan fingerprint density at radius 3 is 2.93 bits per heavy atom. The van der Waals surface area contributed by atoms with Gasteiger partial charge in [0.2, 0.25) is 0 Å². The third-order valence-electron chi connectivity index (χ3n) is 5.82. The number of rotatable bonds is 6. The summed E-state index contributed by atoms with van der Waals surface area (Å²) in [6.45, 7) is 8.27. The number of fused-ring (bicyclic) bond motifs is 1. The zero-order chi connectivity index (χ0) is 21.1. The summed E-state index contributed by atoms with van der Waals surface area (Å²) in [6, 6.07) is 10.9. The van der Waals surface area contributed by atoms with Gasteiger partial charge in [-0.15, -0.1) is 0 Å². The smallest absolute Gasteiger partial charge is 0.153 e. The van der Waals surface area contributed by atoms with E-state index in [0.29, 0.717) is 30.2 Å². The molecule has 0 aromatic carbocycles. The largest absolute Gasteiger partial charge is 0.366 e. The second-order valence-electron chi connectivity index (χ2n) is 8.20. The lowest BCUT2D eigenvalue weighted by Gasteiger charge is -2.42. The number of H-pyrrole nitrogens is 1. The van der Waals surface area contributed by atoms with Crippen LogP contribution in [0.5, 0.6) is 0 Å². The van der Waals surface area contributed by atoms with Gasteiger partial charge in [0.1, 0.15) is 11.6 Å². The fourth-order valence-corrected chi connectivity index (χ4v) is 4.17. The monoisotopic (exact) mass is 404 g/mol. The maximum atomic E-state index is 8.91. The number of piperidine rings is 1. The predicted molar refractivity (Wildman–Crippen MR) is 119 cm³/mol. The Labute approximate surface area is 176 Å². The number of hydrogen-bond donors (Lipinski definition) is 3. The van der Waals surface area contributed by atoms with Crippen LogP contribution in [0.2, 0.25) is 0 Å². The third-order valence-corrected chi connectivity index (χ3v) is 5.82. The molecule has 1 fully saturated rings. The zero-order valence-corrected chi connectivity index (χ0v) is 17.7. The van der Waals surface area contributed by atoms with E-state index in [2.05, 4.69) is 56.7 Å². The molecule has 8 nitrogen and oxygen atoms in total. The summed E-state index contributed by atoms with van der Waals surface area (Å²) in [7, 11) is 0. The molecule has 0 radical (unpaired) electrons. The molecule has 0 spiro atoms. The van der Waals surface area contributed by atoms with Crippen molar-refractivity contribution < 1.29 is 0 Å². The van der Waals surface area contributed by atoms with Crippen molar-refractivity contribution in [3.63, 3.8) is 0 Å². The molecule has 1 aliphatic rings. The minimum atomic E-state index is 0.303. The second kappa shape index (κ2) is 8.67. The van der Waals surface area contributed by atoms with Gasteiger partial charge in [0.25, 0.3) is 0 Å². The molecule has 156 valence electrons. The van der Waals surface area contributed by atoms with E-state index in [9.17, 15) is 0 Å². The van der Waals surface area contributed by atoms with Gasteiger partial charge in [-0.3, -0.25) is 15.0 Å². The molecule has 0 bridgehead atoms. The van der Waals surface area contributed by atoms with Crippen molar-refractivity contribution in [3.05, 3.63) is 36.2 Å². The molecule has 3 N–H and O–H groups in total. The Kier molecular flexibility index (Phi) is 5.81. The number of anilines is 3. The molecular formula is C22H28N8. The summed E-state index contributed by atoms with van der Waals surface area (Å²) >= 11 is 0. The molecule has 3 atom stereocenters. The number of nitrogens with zero attached hydrogens (tertiary/aromatic N) is 5. The third kappa shape index (κ3) is 4.36. The maximum Gasteiger partial charge on any atom is 0.153 e. The highest BCUT2D eigenvalue weighted by atomic mass is 15.2. The van der Waals surface area contributed by atoms with Crippen LogP contribution in [0.15, 0.2) is 30.5 Å². The second-order valence-corrected chi connectivity index (χ2v) is 8.20. The molecule has 0 amide bonds. The molecule has 4 heterocycles. The fraction of sp³-hybridized carbons (Fsp3) is 0.455. The molecule has 1 aliphatic heterocycles. The standard InChI is InChI=1S/C22H28N8/c1-14-13-30(9-5-7-23)16(3)11-18(14)25-22-17-6-4-8-24-19(17)12-20(27-22)26-21-10-15(2)28-29-21/h4,6,8,10,12,14,16,18H,5,9,11,13H2,1-3H3,(H3,25,26,27,28,29)/t14?,16-,18-/m0/s1. The summed E-state index contributed by atoms with van der Waals surface area (Å²) in [4.78, 5) is 11.8. The topological polar surface area (TPSA) is 106 Å². The molecule has 8 heteroatoms. The van der Waals surface area contributed by atoms with Crippen LogP contribution in [-0.4, -0.2) is 50.2 Å². The molecule has 1 unspecified atom stereocenters. The molecule has 3 aromatic heterocycles. The van der Waals surface area contributed by atoms with Crippen LogP contribution in [0.1, 0.15) is 32.4 Å². The van der Waals surface area contributed by atoms with E-state index in [4.69, 9.17) is 10.2 Å². The van der Waals surface area contributed by atoms with E-state index in [0.717, 1.165) is 47.7 Å². The first kappa shape index (κ1) is 20.1. The molecule has 4 rings (SSSR count). The summed E-state index contributed by atoms with van der Waals surface area (Å²) in [5, 5.41) is 24.1. The number of aryl methyl sites for hydroxylation is 1. The summed E-state index contributed by atoms with van der Waals surface area (Å²) in [6.07, 6.45) is 3.38. The van der Waals surface area contributed by atoms with Crippen molar-refractivity contribution in [2.45, 2.75) is 45.7 Å². The van der Waals surface area contributed by atoms with Gasteiger partial charge in [0, 0.05) is 61.0 Å². The Bertz CT molecular complexity index is 1050. The minimum absolute atomic E-state index is 0.303. The first-order valence-electron chi connectivity index (χ1n) is 10.5. The quantitative estimate of drug-likeness (QED) is 0.573.